The van der Waals surface area contributed by atoms with Gasteiger partial charge >= 0.3 is 0 Å². The molecule has 2 bridgehead atoms. The normalized spacial score (nSPS) is 32.4. The molecule has 2 saturated heterocycles. The van der Waals surface area contributed by atoms with Gasteiger partial charge in [0, 0.05) is 35.0 Å². The summed E-state index contributed by atoms with van der Waals surface area (Å²) in [5.74, 6) is 0.0383. The third-order valence-electron chi connectivity index (χ3n) is 8.56. The Hall–Kier alpha value is -2.44. The summed E-state index contributed by atoms with van der Waals surface area (Å²) in [4.78, 5) is 20.1. The highest BCUT2D eigenvalue weighted by molar-refractivity contribution is 6.03. The van der Waals surface area contributed by atoms with Crippen LogP contribution in [-0.2, 0) is 10.3 Å². The number of benzene rings is 1. The Balaban J connectivity index is 1.55. The predicted octanol–water partition coefficient (Wildman–Crippen LogP) is 5.58. The Morgan fingerprint density at radius 2 is 1.91 bits per heavy atom. The van der Waals surface area contributed by atoms with E-state index in [4.69, 9.17) is 4.74 Å². The molecule has 3 N–H and O–H groups in total. The zero-order valence-electron chi connectivity index (χ0n) is 20.9. The summed E-state index contributed by atoms with van der Waals surface area (Å²) >= 11 is 0. The van der Waals surface area contributed by atoms with Crippen molar-refractivity contribution in [2.45, 2.75) is 84.5 Å². The number of aliphatic hydroxyl groups is 1. The van der Waals surface area contributed by atoms with Gasteiger partial charge in [-0.05, 0) is 67.7 Å². The molecule has 1 aromatic carbocycles. The summed E-state index contributed by atoms with van der Waals surface area (Å²) in [6.45, 7) is 10.7. The van der Waals surface area contributed by atoms with E-state index in [-0.39, 0.29) is 35.4 Å². The quantitative estimate of drug-likeness (QED) is 0.552. The predicted molar refractivity (Wildman–Crippen MR) is 133 cm³/mol. The van der Waals surface area contributed by atoms with Crippen molar-refractivity contribution in [3.05, 3.63) is 53.1 Å². The molecule has 2 unspecified atom stereocenters. The molecule has 34 heavy (non-hydrogen) atoms. The highest BCUT2D eigenvalue weighted by Gasteiger charge is 2.55. The van der Waals surface area contributed by atoms with Gasteiger partial charge < -0.3 is 20.1 Å². The van der Waals surface area contributed by atoms with Crippen LogP contribution in [0.15, 0.2) is 30.5 Å². The van der Waals surface area contributed by atoms with Gasteiger partial charge in [0.05, 0.1) is 17.8 Å². The molecule has 5 atom stereocenters. The Morgan fingerprint density at radius 3 is 2.50 bits per heavy atom. The number of anilines is 1. The van der Waals surface area contributed by atoms with Crippen LogP contribution in [0.25, 0.3) is 5.57 Å². The van der Waals surface area contributed by atoms with Crippen LogP contribution in [0.2, 0.25) is 0 Å². The van der Waals surface area contributed by atoms with Crippen LogP contribution in [0.4, 0.5) is 5.69 Å². The Labute approximate surface area is 202 Å². The molecule has 0 saturated carbocycles. The second kappa shape index (κ2) is 8.35. The fourth-order valence-electron chi connectivity index (χ4n) is 6.13. The van der Waals surface area contributed by atoms with Crippen molar-refractivity contribution in [2.24, 2.45) is 17.3 Å². The molecule has 3 aliphatic rings. The number of hydrogen-bond donors (Lipinski definition) is 3. The van der Waals surface area contributed by atoms with Crippen LogP contribution in [0.1, 0.15) is 87.2 Å². The number of ether oxygens (including phenoxy) is 1. The summed E-state index contributed by atoms with van der Waals surface area (Å²) in [6.07, 6.45) is 9.16. The lowest BCUT2D eigenvalue weighted by molar-refractivity contribution is -0.194. The third-order valence-corrected chi connectivity index (χ3v) is 8.56. The average molecular weight is 464 g/mol. The molecule has 3 heterocycles. The third kappa shape index (κ3) is 3.91. The number of aromatic amines is 1. The Morgan fingerprint density at radius 1 is 1.21 bits per heavy atom. The largest absolute Gasteiger partial charge is 0.384 e. The second-order valence-electron chi connectivity index (χ2n) is 11.4. The highest BCUT2D eigenvalue weighted by atomic mass is 16.5. The lowest BCUT2D eigenvalue weighted by Crippen LogP contribution is -2.52. The van der Waals surface area contributed by atoms with E-state index >= 15 is 0 Å². The van der Waals surface area contributed by atoms with Crippen LogP contribution in [-0.4, -0.2) is 33.2 Å². The van der Waals surface area contributed by atoms with Crippen LogP contribution in [0.5, 0.6) is 0 Å². The molecule has 5 rings (SSSR count). The molecule has 6 nitrogen and oxygen atoms in total. The van der Waals surface area contributed by atoms with Crippen molar-refractivity contribution in [3.8, 4) is 0 Å². The van der Waals surface area contributed by atoms with Crippen molar-refractivity contribution < 1.29 is 14.6 Å². The zero-order valence-corrected chi connectivity index (χ0v) is 20.9. The number of aryl methyl sites for hydroxylation is 1. The van der Waals surface area contributed by atoms with E-state index in [1.165, 1.54) is 5.57 Å². The minimum atomic E-state index is -0.964. The molecular formula is C28H37N3O3. The molecule has 1 aliphatic carbocycles. The van der Waals surface area contributed by atoms with Crippen molar-refractivity contribution in [1.29, 1.82) is 0 Å². The second-order valence-corrected chi connectivity index (χ2v) is 11.4. The number of hydrogen-bond acceptors (Lipinski definition) is 4. The summed E-state index contributed by atoms with van der Waals surface area (Å²) in [6, 6.07) is 6.05. The number of nitrogens with one attached hydrogen (secondary N) is 2. The van der Waals surface area contributed by atoms with Crippen molar-refractivity contribution >= 4 is 17.2 Å². The number of carbonyl (C=O) groups excluding carboxylic acids is 1. The molecule has 2 aliphatic heterocycles. The fraction of sp³-hybridized carbons (Fsp3) is 0.571. The van der Waals surface area contributed by atoms with Crippen molar-refractivity contribution in [2.75, 3.05) is 5.32 Å². The maximum absolute atomic E-state index is 12.9. The monoisotopic (exact) mass is 463 g/mol. The molecule has 1 aromatic heterocycles. The van der Waals surface area contributed by atoms with E-state index in [9.17, 15) is 9.90 Å². The molecule has 182 valence electrons. The fourth-order valence-corrected chi connectivity index (χ4v) is 6.13. The number of aromatic nitrogens is 2. The number of amides is 1. The first-order chi connectivity index (χ1) is 16.1. The smallest absolute Gasteiger partial charge is 0.291 e. The minimum Gasteiger partial charge on any atom is -0.384 e. The summed E-state index contributed by atoms with van der Waals surface area (Å²) in [7, 11) is 0. The SMILES string of the molecule is Cc1cnc(C(=O)Nc2ccc(C3(O)[C@H](C)C4CC[C@H](O4)[C@@H]3C)cc2C2=CCC(C)(C)CC2)[nH]1. The maximum Gasteiger partial charge on any atom is 0.291 e. The molecule has 6 heteroatoms. The molecule has 0 radical (unpaired) electrons. The summed E-state index contributed by atoms with van der Waals surface area (Å²) in [5, 5.41) is 15.2. The first kappa shape index (κ1) is 23.3. The van der Waals surface area contributed by atoms with Gasteiger partial charge in [-0.25, -0.2) is 4.98 Å². The molecule has 2 fully saturated rings. The van der Waals surface area contributed by atoms with Crippen LogP contribution in [0, 0.1) is 24.2 Å². The lowest BCUT2D eigenvalue weighted by Gasteiger charge is -2.47. The lowest BCUT2D eigenvalue weighted by atomic mass is 9.69. The average Bonchev–Trinajstić information content (AvgIpc) is 3.45. The van der Waals surface area contributed by atoms with Gasteiger partial charge in [-0.2, -0.15) is 0 Å². The number of H-pyrrole nitrogens is 1. The van der Waals surface area contributed by atoms with E-state index in [0.717, 1.165) is 54.6 Å². The van der Waals surface area contributed by atoms with Crippen LogP contribution < -0.4 is 5.32 Å². The molecule has 2 aromatic rings. The number of imidazole rings is 1. The Bertz CT molecular complexity index is 1120. The number of rotatable bonds is 4. The van der Waals surface area contributed by atoms with Gasteiger partial charge in [-0.15, -0.1) is 0 Å². The van der Waals surface area contributed by atoms with E-state index in [1.807, 2.05) is 19.1 Å². The topological polar surface area (TPSA) is 87.2 Å². The van der Waals surface area contributed by atoms with Gasteiger partial charge in [0.1, 0.15) is 0 Å². The van der Waals surface area contributed by atoms with E-state index in [0.29, 0.717) is 5.82 Å². The number of carbonyl (C=O) groups is 1. The van der Waals surface area contributed by atoms with E-state index < -0.39 is 5.60 Å². The maximum atomic E-state index is 12.9. The van der Waals surface area contributed by atoms with E-state index in [2.05, 4.69) is 55.1 Å². The van der Waals surface area contributed by atoms with Crippen molar-refractivity contribution in [3.63, 3.8) is 0 Å². The van der Waals surface area contributed by atoms with Crippen LogP contribution in [0.3, 0.4) is 0 Å². The number of fused-ring (bicyclic) bond motifs is 2. The molecule has 1 amide bonds. The van der Waals surface area contributed by atoms with Crippen molar-refractivity contribution in [1.82, 2.24) is 9.97 Å². The van der Waals surface area contributed by atoms with Gasteiger partial charge in [0.25, 0.3) is 5.91 Å². The van der Waals surface area contributed by atoms with Crippen LogP contribution >= 0.6 is 0 Å². The van der Waals surface area contributed by atoms with E-state index in [1.54, 1.807) is 6.20 Å². The van der Waals surface area contributed by atoms with Gasteiger partial charge in [-0.3, -0.25) is 4.79 Å². The Kier molecular flexibility index (Phi) is 5.72. The summed E-state index contributed by atoms with van der Waals surface area (Å²) < 4.78 is 6.20. The standard InChI is InChI=1S/C28H37N3O3/c1-16-15-29-25(30-16)26(32)31-22-7-6-20(14-21(22)19-10-12-27(4,5)13-11-19)28(33)17(2)23-8-9-24(34-23)18(28)3/h6-7,10,14-15,17-18,23-24,33H,8-9,11-13H2,1-5H3,(H,29,30)(H,31,32)/t17-,18+,23-,24?,28?/m0/s1. The minimum absolute atomic E-state index is 0.0000890. The van der Waals surface area contributed by atoms with Gasteiger partial charge in [-0.1, -0.05) is 39.8 Å². The molecule has 0 spiro atoms. The first-order valence-corrected chi connectivity index (χ1v) is 12.6. The summed E-state index contributed by atoms with van der Waals surface area (Å²) in [5.41, 5.74) is 4.05. The zero-order chi connectivity index (χ0) is 24.3. The molecular weight excluding hydrogens is 426 g/mol. The first-order valence-electron chi connectivity index (χ1n) is 12.6. The number of nitrogens with zero attached hydrogens (tertiary/aromatic N) is 1. The van der Waals surface area contributed by atoms with Gasteiger partial charge in [0.2, 0.25) is 0 Å². The van der Waals surface area contributed by atoms with Gasteiger partial charge in [0.15, 0.2) is 5.82 Å². The number of allylic oxidation sites excluding steroid dienone is 2. The highest BCUT2D eigenvalue weighted by Crippen LogP contribution is 2.52.